The maximum Gasteiger partial charge on any atom is 0.239 e. The van der Waals surface area contributed by atoms with Crippen molar-refractivity contribution in [3.05, 3.63) is 59.1 Å². The molecule has 0 aliphatic heterocycles. The molecule has 2 aromatic rings. The summed E-state index contributed by atoms with van der Waals surface area (Å²) < 4.78 is 24.8. The SMILES string of the molecule is CCN(Cc1ccccc1NC(=O)CS(=O)(=O)c1ccc(Cl)cc1)C(C)=O. The lowest BCUT2D eigenvalue weighted by molar-refractivity contribution is -0.129. The monoisotopic (exact) mass is 408 g/mol. The van der Waals surface area contributed by atoms with Crippen molar-refractivity contribution in [2.45, 2.75) is 25.3 Å². The summed E-state index contributed by atoms with van der Waals surface area (Å²) in [6, 6.07) is 12.6. The minimum atomic E-state index is -3.79. The van der Waals surface area contributed by atoms with Crippen molar-refractivity contribution < 1.29 is 18.0 Å². The number of para-hydroxylation sites is 1. The first-order valence-corrected chi connectivity index (χ1v) is 10.4. The number of hydrogen-bond acceptors (Lipinski definition) is 4. The largest absolute Gasteiger partial charge is 0.339 e. The van der Waals surface area contributed by atoms with Crippen molar-refractivity contribution >= 4 is 38.9 Å². The van der Waals surface area contributed by atoms with Gasteiger partial charge in [-0.25, -0.2) is 8.42 Å². The maximum atomic E-state index is 12.4. The molecule has 0 aliphatic rings. The molecule has 8 heteroatoms. The molecule has 0 bridgehead atoms. The fraction of sp³-hybridized carbons (Fsp3) is 0.263. The van der Waals surface area contributed by atoms with E-state index in [0.29, 0.717) is 23.8 Å². The molecule has 2 rings (SSSR count). The summed E-state index contributed by atoms with van der Waals surface area (Å²) in [5.41, 5.74) is 1.21. The first kappa shape index (κ1) is 20.9. The minimum absolute atomic E-state index is 0.0315. The van der Waals surface area contributed by atoms with Gasteiger partial charge in [0.1, 0.15) is 5.75 Å². The van der Waals surface area contributed by atoms with Gasteiger partial charge in [0.2, 0.25) is 11.8 Å². The summed E-state index contributed by atoms with van der Waals surface area (Å²) in [7, 11) is -3.79. The smallest absolute Gasteiger partial charge is 0.239 e. The quantitative estimate of drug-likeness (QED) is 0.762. The number of hydrogen-bond donors (Lipinski definition) is 1. The summed E-state index contributed by atoms with van der Waals surface area (Å²) in [5, 5.41) is 3.05. The molecule has 2 aromatic carbocycles. The molecule has 144 valence electrons. The normalized spacial score (nSPS) is 11.1. The van der Waals surface area contributed by atoms with Crippen LogP contribution >= 0.6 is 11.6 Å². The Balaban J connectivity index is 2.14. The molecule has 0 spiro atoms. The van der Waals surface area contributed by atoms with Gasteiger partial charge in [0.15, 0.2) is 9.84 Å². The molecule has 0 fully saturated rings. The zero-order chi connectivity index (χ0) is 20.0. The average Bonchev–Trinajstić information content (AvgIpc) is 2.60. The highest BCUT2D eigenvalue weighted by molar-refractivity contribution is 7.92. The lowest BCUT2D eigenvalue weighted by Crippen LogP contribution is -2.29. The van der Waals surface area contributed by atoms with Crippen LogP contribution in [0.4, 0.5) is 5.69 Å². The number of carbonyl (C=O) groups excluding carboxylic acids is 2. The fourth-order valence-corrected chi connectivity index (χ4v) is 3.78. The molecule has 0 radical (unpaired) electrons. The highest BCUT2D eigenvalue weighted by Crippen LogP contribution is 2.19. The summed E-state index contributed by atoms with van der Waals surface area (Å²) in [5.74, 6) is -1.42. The lowest BCUT2D eigenvalue weighted by atomic mass is 10.1. The van der Waals surface area contributed by atoms with E-state index < -0.39 is 21.5 Å². The second-order valence-corrected chi connectivity index (χ2v) is 8.38. The molecule has 0 heterocycles. The Bertz CT molecular complexity index is 927. The third kappa shape index (κ3) is 5.80. The first-order valence-electron chi connectivity index (χ1n) is 8.34. The summed E-state index contributed by atoms with van der Waals surface area (Å²) in [6.07, 6.45) is 0. The van der Waals surface area contributed by atoms with Crippen LogP contribution in [0.3, 0.4) is 0 Å². The third-order valence-corrected chi connectivity index (χ3v) is 5.86. The van der Waals surface area contributed by atoms with Crippen molar-refractivity contribution in [2.75, 3.05) is 17.6 Å². The number of halogens is 1. The second-order valence-electron chi connectivity index (χ2n) is 5.95. The molecular formula is C19H21ClN2O4S. The molecule has 6 nitrogen and oxygen atoms in total. The lowest BCUT2D eigenvalue weighted by Gasteiger charge is -2.21. The van der Waals surface area contributed by atoms with Gasteiger partial charge in [-0.1, -0.05) is 29.8 Å². The summed E-state index contributed by atoms with van der Waals surface area (Å²) in [4.78, 5) is 25.6. The molecule has 2 amide bonds. The van der Waals surface area contributed by atoms with Gasteiger partial charge in [0.25, 0.3) is 0 Å². The number of nitrogens with one attached hydrogen (secondary N) is 1. The molecule has 0 unspecified atom stereocenters. The van der Waals surface area contributed by atoms with Crippen molar-refractivity contribution in [1.29, 1.82) is 0 Å². The van der Waals surface area contributed by atoms with Gasteiger partial charge in [-0.15, -0.1) is 0 Å². The average molecular weight is 409 g/mol. The van der Waals surface area contributed by atoms with Gasteiger partial charge in [0, 0.05) is 30.7 Å². The topological polar surface area (TPSA) is 83.6 Å². The van der Waals surface area contributed by atoms with E-state index in [9.17, 15) is 18.0 Å². The molecule has 0 saturated heterocycles. The van der Waals surface area contributed by atoms with E-state index in [0.717, 1.165) is 5.56 Å². The van der Waals surface area contributed by atoms with Gasteiger partial charge in [-0.05, 0) is 42.8 Å². The molecule has 27 heavy (non-hydrogen) atoms. The van der Waals surface area contributed by atoms with Crippen LogP contribution in [0, 0.1) is 0 Å². The Morgan fingerprint density at radius 3 is 2.30 bits per heavy atom. The number of amides is 2. The van der Waals surface area contributed by atoms with Crippen LogP contribution in [0.15, 0.2) is 53.4 Å². The minimum Gasteiger partial charge on any atom is -0.339 e. The Kier molecular flexibility index (Phi) is 6.98. The van der Waals surface area contributed by atoms with Crippen molar-refractivity contribution in [3.8, 4) is 0 Å². The predicted molar refractivity (Wildman–Crippen MR) is 105 cm³/mol. The second kappa shape index (κ2) is 9.01. The van der Waals surface area contributed by atoms with Gasteiger partial charge in [-0.2, -0.15) is 0 Å². The number of rotatable bonds is 7. The molecule has 1 N–H and O–H groups in total. The van der Waals surface area contributed by atoms with Crippen LogP contribution in [-0.4, -0.2) is 37.4 Å². The van der Waals surface area contributed by atoms with E-state index in [-0.39, 0.29) is 10.8 Å². The standard InChI is InChI=1S/C19H21ClN2O4S/c1-3-22(14(2)23)12-15-6-4-5-7-18(15)21-19(24)13-27(25,26)17-10-8-16(20)9-11-17/h4-11H,3,12-13H2,1-2H3,(H,21,24). The molecule has 0 aliphatic carbocycles. The van der Waals surface area contributed by atoms with Crippen LogP contribution in [-0.2, 0) is 26.0 Å². The maximum absolute atomic E-state index is 12.4. The Labute approximate surface area is 164 Å². The Morgan fingerprint density at radius 2 is 1.70 bits per heavy atom. The van der Waals surface area contributed by atoms with Gasteiger partial charge >= 0.3 is 0 Å². The fourth-order valence-electron chi connectivity index (χ4n) is 2.52. The van der Waals surface area contributed by atoms with Crippen LogP contribution in [0.5, 0.6) is 0 Å². The van der Waals surface area contributed by atoms with E-state index >= 15 is 0 Å². The van der Waals surface area contributed by atoms with E-state index in [2.05, 4.69) is 5.32 Å². The zero-order valence-corrected chi connectivity index (χ0v) is 16.7. The van der Waals surface area contributed by atoms with Gasteiger partial charge in [-0.3, -0.25) is 9.59 Å². The van der Waals surface area contributed by atoms with Crippen molar-refractivity contribution in [2.24, 2.45) is 0 Å². The number of benzene rings is 2. The Hall–Kier alpha value is -2.38. The van der Waals surface area contributed by atoms with Crippen LogP contribution in [0.25, 0.3) is 0 Å². The molecule has 0 aromatic heterocycles. The van der Waals surface area contributed by atoms with Crippen LogP contribution in [0.2, 0.25) is 5.02 Å². The van der Waals surface area contributed by atoms with Gasteiger partial charge in [0.05, 0.1) is 4.90 Å². The molecule has 0 saturated carbocycles. The van der Waals surface area contributed by atoms with Gasteiger partial charge < -0.3 is 10.2 Å². The van der Waals surface area contributed by atoms with Crippen LogP contribution < -0.4 is 5.32 Å². The highest BCUT2D eigenvalue weighted by Gasteiger charge is 2.20. The summed E-state index contributed by atoms with van der Waals surface area (Å²) in [6.45, 7) is 4.19. The van der Waals surface area contributed by atoms with E-state index in [1.165, 1.54) is 31.2 Å². The molecular weight excluding hydrogens is 388 g/mol. The number of anilines is 1. The first-order chi connectivity index (χ1) is 12.7. The number of nitrogens with zero attached hydrogens (tertiary/aromatic N) is 1. The van der Waals surface area contributed by atoms with Crippen LogP contribution in [0.1, 0.15) is 19.4 Å². The van der Waals surface area contributed by atoms with Crippen molar-refractivity contribution in [3.63, 3.8) is 0 Å². The molecule has 0 atom stereocenters. The number of carbonyl (C=O) groups is 2. The summed E-state index contributed by atoms with van der Waals surface area (Å²) >= 11 is 5.77. The Morgan fingerprint density at radius 1 is 1.07 bits per heavy atom. The van der Waals surface area contributed by atoms with E-state index in [1.807, 2.05) is 6.92 Å². The predicted octanol–water partition coefficient (Wildman–Crippen LogP) is 3.12. The third-order valence-electron chi connectivity index (χ3n) is 3.97. The van der Waals surface area contributed by atoms with E-state index in [4.69, 9.17) is 11.6 Å². The van der Waals surface area contributed by atoms with E-state index in [1.54, 1.807) is 29.2 Å². The number of sulfone groups is 1. The highest BCUT2D eigenvalue weighted by atomic mass is 35.5. The van der Waals surface area contributed by atoms with Crippen molar-refractivity contribution in [1.82, 2.24) is 4.90 Å². The zero-order valence-electron chi connectivity index (χ0n) is 15.1.